The van der Waals surface area contributed by atoms with E-state index in [4.69, 9.17) is 18.9 Å². The van der Waals surface area contributed by atoms with Gasteiger partial charge in [-0.1, -0.05) is 42.5 Å². The molecule has 1 N–H and O–H groups in total. The number of carbonyl (C=O) groups excluding carboxylic acids is 2. The highest BCUT2D eigenvalue weighted by molar-refractivity contribution is 6.09. The topological polar surface area (TPSA) is 98.7 Å². The number of anilines is 1. The van der Waals surface area contributed by atoms with E-state index < -0.39 is 5.97 Å². The second-order valence-electron chi connectivity index (χ2n) is 8.60. The van der Waals surface area contributed by atoms with E-state index in [0.717, 1.165) is 16.8 Å². The van der Waals surface area contributed by atoms with Crippen LogP contribution in [-0.2, 0) is 16.1 Å². The number of carbonyl (C=O) groups is 2. The predicted molar refractivity (Wildman–Crippen MR) is 141 cm³/mol. The van der Waals surface area contributed by atoms with Gasteiger partial charge in [0, 0.05) is 17.3 Å². The average molecular weight is 514 g/mol. The van der Waals surface area contributed by atoms with Crippen LogP contribution in [0, 0.1) is 0 Å². The summed E-state index contributed by atoms with van der Waals surface area (Å²) in [5.41, 5.74) is 3.51. The Kier molecular flexibility index (Phi) is 7.37. The van der Waals surface area contributed by atoms with Crippen LogP contribution in [0.1, 0.15) is 26.3 Å². The molecule has 2 aliphatic heterocycles. The molecular formula is C29H27N3O6. The fraction of sp³-hybridized carbons (Fsp3) is 0.207. The van der Waals surface area contributed by atoms with Gasteiger partial charge in [-0.2, -0.15) is 0 Å². The van der Waals surface area contributed by atoms with Gasteiger partial charge in [0.2, 0.25) is 0 Å². The van der Waals surface area contributed by atoms with Crippen LogP contribution >= 0.6 is 0 Å². The summed E-state index contributed by atoms with van der Waals surface area (Å²) in [6.07, 6.45) is 0. The summed E-state index contributed by atoms with van der Waals surface area (Å²) in [7, 11) is 3.13. The van der Waals surface area contributed by atoms with Crippen molar-refractivity contribution < 1.29 is 28.5 Å². The van der Waals surface area contributed by atoms with Gasteiger partial charge in [-0.15, -0.1) is 0 Å². The van der Waals surface area contributed by atoms with Gasteiger partial charge < -0.3 is 24.3 Å². The molecule has 0 unspecified atom stereocenters. The number of amides is 1. The van der Waals surface area contributed by atoms with Crippen molar-refractivity contribution in [1.29, 1.82) is 0 Å². The molecule has 194 valence electrons. The number of ether oxygens (including phenoxy) is 4. The summed E-state index contributed by atoms with van der Waals surface area (Å²) >= 11 is 0. The number of fused-ring (bicyclic) bond motifs is 1. The molecule has 3 aromatic carbocycles. The maximum absolute atomic E-state index is 13.9. The van der Waals surface area contributed by atoms with E-state index in [1.54, 1.807) is 50.6 Å². The third kappa shape index (κ3) is 5.09. The van der Waals surface area contributed by atoms with Crippen LogP contribution in [0.4, 0.5) is 5.69 Å². The highest BCUT2D eigenvalue weighted by atomic mass is 16.5. The molecule has 9 nitrogen and oxygen atoms in total. The standard InChI is InChI=1S/C29H27N3O6/c1-35-25-13-12-20(14-26(25)36-2)31-27-23-16-37-17-24(23)30-18-32(27)28(33)21-10-6-7-11-22(21)29(34)38-15-19-8-4-3-5-9-19/h3-14,31H,15-18H2,1-2H3. The van der Waals surface area contributed by atoms with Crippen molar-refractivity contribution >= 4 is 23.3 Å². The quantitative estimate of drug-likeness (QED) is 0.449. The summed E-state index contributed by atoms with van der Waals surface area (Å²) < 4.78 is 21.9. The largest absolute Gasteiger partial charge is 0.493 e. The number of methoxy groups -OCH3 is 2. The fourth-order valence-corrected chi connectivity index (χ4v) is 4.31. The molecule has 2 aliphatic rings. The third-order valence-electron chi connectivity index (χ3n) is 6.27. The zero-order valence-electron chi connectivity index (χ0n) is 21.1. The summed E-state index contributed by atoms with van der Waals surface area (Å²) in [6.45, 7) is 0.854. The van der Waals surface area contributed by atoms with Crippen LogP contribution in [0.3, 0.4) is 0 Å². The Labute approximate surface area is 220 Å². The Bertz CT molecular complexity index is 1420. The van der Waals surface area contributed by atoms with Crippen molar-refractivity contribution in [3.63, 3.8) is 0 Å². The Morgan fingerprint density at radius 3 is 2.42 bits per heavy atom. The van der Waals surface area contributed by atoms with Gasteiger partial charge in [0.15, 0.2) is 11.5 Å². The van der Waals surface area contributed by atoms with Crippen LogP contribution in [0.5, 0.6) is 11.5 Å². The number of hydrogen-bond acceptors (Lipinski definition) is 8. The first-order valence-electron chi connectivity index (χ1n) is 12.0. The molecular weight excluding hydrogens is 486 g/mol. The number of benzene rings is 3. The van der Waals surface area contributed by atoms with Crippen molar-refractivity contribution in [1.82, 2.24) is 4.90 Å². The van der Waals surface area contributed by atoms with Gasteiger partial charge >= 0.3 is 5.97 Å². The maximum atomic E-state index is 13.9. The van der Waals surface area contributed by atoms with Crippen molar-refractivity contribution in [3.05, 3.63) is 101 Å². The van der Waals surface area contributed by atoms with Gasteiger partial charge in [0.1, 0.15) is 19.1 Å². The predicted octanol–water partition coefficient (Wildman–Crippen LogP) is 4.27. The molecule has 0 spiro atoms. The average Bonchev–Trinajstić information content (AvgIpc) is 3.46. The van der Waals surface area contributed by atoms with Gasteiger partial charge in [0.25, 0.3) is 5.91 Å². The Morgan fingerprint density at radius 2 is 1.66 bits per heavy atom. The molecule has 5 rings (SSSR count). The molecule has 1 saturated heterocycles. The summed E-state index contributed by atoms with van der Waals surface area (Å²) in [5, 5.41) is 3.35. The van der Waals surface area contributed by atoms with Gasteiger partial charge in [0.05, 0.1) is 44.3 Å². The number of aliphatic imine (C=N–C) groups is 1. The zero-order valence-corrected chi connectivity index (χ0v) is 21.1. The van der Waals surface area contributed by atoms with Crippen LogP contribution in [0.15, 0.2) is 89.2 Å². The normalized spacial score (nSPS) is 14.5. The van der Waals surface area contributed by atoms with E-state index in [1.807, 2.05) is 36.4 Å². The van der Waals surface area contributed by atoms with E-state index in [2.05, 4.69) is 10.3 Å². The minimum absolute atomic E-state index is 0.0735. The molecule has 9 heteroatoms. The van der Waals surface area contributed by atoms with E-state index in [-0.39, 0.29) is 30.3 Å². The summed E-state index contributed by atoms with van der Waals surface area (Å²) in [6, 6.07) is 21.4. The number of esters is 1. The molecule has 0 aromatic heterocycles. The van der Waals surface area contributed by atoms with Crippen molar-refractivity contribution in [3.8, 4) is 11.5 Å². The molecule has 0 bridgehead atoms. The minimum atomic E-state index is -0.578. The molecule has 0 aliphatic carbocycles. The molecule has 0 radical (unpaired) electrons. The van der Waals surface area contributed by atoms with E-state index in [0.29, 0.717) is 36.2 Å². The lowest BCUT2D eigenvalue weighted by Gasteiger charge is -2.30. The number of hydrogen-bond donors (Lipinski definition) is 1. The lowest BCUT2D eigenvalue weighted by Crippen LogP contribution is -2.39. The first kappa shape index (κ1) is 25.0. The van der Waals surface area contributed by atoms with Gasteiger partial charge in [-0.3, -0.25) is 14.7 Å². The second kappa shape index (κ2) is 11.2. The molecule has 2 heterocycles. The lowest BCUT2D eigenvalue weighted by molar-refractivity contribution is 0.0467. The van der Waals surface area contributed by atoms with E-state index in [1.165, 1.54) is 4.90 Å². The Hall–Kier alpha value is -4.63. The number of nitrogens with one attached hydrogen (secondary N) is 1. The Morgan fingerprint density at radius 1 is 0.921 bits per heavy atom. The van der Waals surface area contributed by atoms with Crippen LogP contribution in [-0.4, -0.2) is 56.6 Å². The molecule has 1 fully saturated rings. The SMILES string of the molecule is COc1ccc(NC2=C3COCC3=NCN2C(=O)c2ccccc2C(=O)OCc2ccccc2)cc1OC. The highest BCUT2D eigenvalue weighted by Crippen LogP contribution is 2.32. The molecule has 3 aromatic rings. The van der Waals surface area contributed by atoms with Gasteiger partial charge in [-0.25, -0.2) is 4.79 Å². The first-order valence-corrected chi connectivity index (χ1v) is 12.0. The maximum Gasteiger partial charge on any atom is 0.339 e. The smallest absolute Gasteiger partial charge is 0.339 e. The van der Waals surface area contributed by atoms with Crippen LogP contribution < -0.4 is 14.8 Å². The highest BCUT2D eigenvalue weighted by Gasteiger charge is 2.33. The minimum Gasteiger partial charge on any atom is -0.493 e. The van der Waals surface area contributed by atoms with Crippen molar-refractivity contribution in [2.24, 2.45) is 4.99 Å². The van der Waals surface area contributed by atoms with Crippen LogP contribution in [0.25, 0.3) is 0 Å². The zero-order chi connectivity index (χ0) is 26.5. The Balaban J connectivity index is 1.43. The lowest BCUT2D eigenvalue weighted by atomic mass is 10.1. The molecule has 38 heavy (non-hydrogen) atoms. The number of nitrogens with zero attached hydrogens (tertiary/aromatic N) is 2. The monoisotopic (exact) mass is 513 g/mol. The third-order valence-corrected chi connectivity index (χ3v) is 6.27. The number of rotatable bonds is 8. The molecule has 0 atom stereocenters. The first-order chi connectivity index (χ1) is 18.6. The van der Waals surface area contributed by atoms with Crippen molar-refractivity contribution in [2.75, 3.05) is 39.4 Å². The summed E-state index contributed by atoms with van der Waals surface area (Å²) in [4.78, 5) is 33.0. The van der Waals surface area contributed by atoms with Crippen LogP contribution in [0.2, 0.25) is 0 Å². The summed E-state index contributed by atoms with van der Waals surface area (Å²) in [5.74, 6) is 0.700. The van der Waals surface area contributed by atoms with E-state index in [9.17, 15) is 9.59 Å². The second-order valence-corrected chi connectivity index (χ2v) is 8.60. The molecule has 1 amide bonds. The van der Waals surface area contributed by atoms with Crippen molar-refractivity contribution in [2.45, 2.75) is 6.61 Å². The fourth-order valence-electron chi connectivity index (χ4n) is 4.31. The van der Waals surface area contributed by atoms with E-state index >= 15 is 0 Å². The molecule has 0 saturated carbocycles. The van der Waals surface area contributed by atoms with Gasteiger partial charge in [-0.05, 0) is 29.8 Å².